The van der Waals surface area contributed by atoms with Crippen LogP contribution in [0, 0.1) is 0 Å². The highest BCUT2D eigenvalue weighted by Crippen LogP contribution is 2.20. The second-order valence-corrected chi connectivity index (χ2v) is 9.63. The smallest absolute Gasteiger partial charge is 0.323 e. The molecule has 1 atom stereocenters. The number of ether oxygens (including phenoxy) is 3. The molecule has 0 aromatic heterocycles. The second kappa shape index (κ2) is 17.0. The summed E-state index contributed by atoms with van der Waals surface area (Å²) in [5, 5.41) is 0. The zero-order chi connectivity index (χ0) is 22.1. The van der Waals surface area contributed by atoms with Crippen molar-refractivity contribution in [3.8, 4) is 0 Å². The Morgan fingerprint density at radius 2 is 1.40 bits per heavy atom. The van der Waals surface area contributed by atoms with Crippen LogP contribution in [0.4, 0.5) is 0 Å². The molecule has 5 heteroatoms. The Labute approximate surface area is 186 Å². The van der Waals surface area contributed by atoms with Gasteiger partial charge in [0.25, 0.3) is 0 Å². The molecule has 1 unspecified atom stereocenters. The molecule has 1 fully saturated rings. The van der Waals surface area contributed by atoms with Gasteiger partial charge in [-0.3, -0.25) is 9.69 Å². The minimum Gasteiger partial charge on any atom is -0.459 e. The van der Waals surface area contributed by atoms with Crippen LogP contribution in [0.3, 0.4) is 0 Å². The first-order chi connectivity index (χ1) is 14.4. The maximum absolute atomic E-state index is 12.3. The number of hydrogen-bond donors (Lipinski definition) is 0. The van der Waals surface area contributed by atoms with E-state index in [4.69, 9.17) is 14.2 Å². The number of carbonyl (C=O) groups is 1. The molecule has 0 radical (unpaired) electrons. The molecule has 0 aromatic carbocycles. The molecule has 178 valence electrons. The molecule has 0 spiro atoms. The number of rotatable bonds is 18. The van der Waals surface area contributed by atoms with E-state index in [1.54, 1.807) is 0 Å². The van der Waals surface area contributed by atoms with Gasteiger partial charge in [0.2, 0.25) is 0 Å². The topological polar surface area (TPSA) is 48.0 Å². The van der Waals surface area contributed by atoms with Gasteiger partial charge in [-0.25, -0.2) is 0 Å². The quantitative estimate of drug-likeness (QED) is 0.206. The van der Waals surface area contributed by atoms with Gasteiger partial charge in [0.05, 0.1) is 19.8 Å². The molecule has 1 rings (SSSR count). The van der Waals surface area contributed by atoms with Crippen LogP contribution in [0.5, 0.6) is 0 Å². The van der Waals surface area contributed by atoms with E-state index < -0.39 is 5.60 Å². The molecule has 1 saturated heterocycles. The van der Waals surface area contributed by atoms with Crippen LogP contribution in [0.15, 0.2) is 0 Å². The van der Waals surface area contributed by atoms with E-state index in [-0.39, 0.29) is 12.0 Å². The number of hydrogen-bond acceptors (Lipinski definition) is 5. The molecule has 5 nitrogen and oxygen atoms in total. The Morgan fingerprint density at radius 1 is 0.833 bits per heavy atom. The highest BCUT2D eigenvalue weighted by Gasteiger charge is 2.33. The summed E-state index contributed by atoms with van der Waals surface area (Å²) in [6.45, 7) is 12.5. The average molecular weight is 428 g/mol. The number of unbranched alkanes of at least 4 members (excludes halogenated alkanes) is 9. The largest absolute Gasteiger partial charge is 0.459 e. The summed E-state index contributed by atoms with van der Waals surface area (Å²) in [5.41, 5.74) is -0.423. The zero-order valence-electron chi connectivity index (χ0n) is 20.4. The van der Waals surface area contributed by atoms with Crippen LogP contribution in [0.1, 0.15) is 105 Å². The number of nitrogens with zero attached hydrogens (tertiary/aromatic N) is 1. The van der Waals surface area contributed by atoms with Crippen molar-refractivity contribution in [3.05, 3.63) is 0 Å². The lowest BCUT2D eigenvalue weighted by Crippen LogP contribution is -2.41. The highest BCUT2D eigenvalue weighted by atomic mass is 16.6. The molecule has 0 aromatic rings. The fraction of sp³-hybridized carbons (Fsp3) is 0.960. The molecular weight excluding hydrogens is 378 g/mol. The Bertz CT molecular complexity index is 422. The first kappa shape index (κ1) is 27.4. The standard InChI is InChI=1S/C25H49NO4/c1-5-6-7-8-9-10-11-12-13-14-19-28-21-22-29-20-18-26-17-15-16-23(26)24(27)30-25(2,3)4/h23H,5-22H2,1-4H3. The Morgan fingerprint density at radius 3 is 2.00 bits per heavy atom. The number of carbonyl (C=O) groups excluding carboxylic acids is 1. The van der Waals surface area contributed by atoms with Gasteiger partial charge in [-0.2, -0.15) is 0 Å². The summed E-state index contributed by atoms with van der Waals surface area (Å²) in [4.78, 5) is 14.5. The van der Waals surface area contributed by atoms with Crippen molar-refractivity contribution in [1.29, 1.82) is 0 Å². The summed E-state index contributed by atoms with van der Waals surface area (Å²) in [7, 11) is 0. The molecule has 0 saturated carbocycles. The highest BCUT2D eigenvalue weighted by molar-refractivity contribution is 5.76. The van der Waals surface area contributed by atoms with E-state index in [9.17, 15) is 4.79 Å². The SMILES string of the molecule is CCCCCCCCCCCCOCCOCCN1CCCC1C(=O)OC(C)(C)C. The first-order valence-electron chi connectivity index (χ1n) is 12.6. The van der Waals surface area contributed by atoms with E-state index in [1.165, 1.54) is 57.8 Å². The van der Waals surface area contributed by atoms with Crippen molar-refractivity contribution in [2.75, 3.05) is 39.5 Å². The van der Waals surface area contributed by atoms with Crippen LogP contribution < -0.4 is 0 Å². The van der Waals surface area contributed by atoms with Crippen molar-refractivity contribution in [2.45, 2.75) is 116 Å². The lowest BCUT2D eigenvalue weighted by Gasteiger charge is -2.27. The maximum Gasteiger partial charge on any atom is 0.323 e. The van der Waals surface area contributed by atoms with Crippen LogP contribution in [0.25, 0.3) is 0 Å². The van der Waals surface area contributed by atoms with Crippen LogP contribution in [-0.2, 0) is 19.0 Å². The molecule has 0 bridgehead atoms. The minimum absolute atomic E-state index is 0.0974. The summed E-state index contributed by atoms with van der Waals surface area (Å²) in [5.74, 6) is -0.0974. The van der Waals surface area contributed by atoms with Gasteiger partial charge in [-0.1, -0.05) is 64.7 Å². The predicted octanol–water partition coefficient (Wildman–Crippen LogP) is 5.75. The molecule has 0 amide bonds. The molecule has 1 aliphatic rings. The van der Waals surface area contributed by atoms with E-state index in [2.05, 4.69) is 11.8 Å². The van der Waals surface area contributed by atoms with Crippen LogP contribution in [-0.4, -0.2) is 62.0 Å². The van der Waals surface area contributed by atoms with Crippen molar-refractivity contribution in [3.63, 3.8) is 0 Å². The Kier molecular flexibility index (Phi) is 15.5. The monoisotopic (exact) mass is 427 g/mol. The van der Waals surface area contributed by atoms with Gasteiger partial charge in [0.1, 0.15) is 11.6 Å². The molecule has 30 heavy (non-hydrogen) atoms. The van der Waals surface area contributed by atoms with E-state index >= 15 is 0 Å². The molecule has 1 aliphatic heterocycles. The zero-order valence-corrected chi connectivity index (χ0v) is 20.4. The molecule has 1 heterocycles. The summed E-state index contributed by atoms with van der Waals surface area (Å²) in [6.07, 6.45) is 15.4. The van der Waals surface area contributed by atoms with Crippen LogP contribution in [0.2, 0.25) is 0 Å². The van der Waals surface area contributed by atoms with Crippen molar-refractivity contribution in [1.82, 2.24) is 4.90 Å². The normalized spacial score (nSPS) is 17.5. The maximum atomic E-state index is 12.3. The van der Waals surface area contributed by atoms with Gasteiger partial charge in [0, 0.05) is 13.2 Å². The molecule has 0 N–H and O–H groups in total. The van der Waals surface area contributed by atoms with Crippen molar-refractivity contribution >= 4 is 5.97 Å². The number of likely N-dealkylation sites (tertiary alicyclic amines) is 1. The summed E-state index contributed by atoms with van der Waals surface area (Å²) in [6, 6.07) is -0.111. The van der Waals surface area contributed by atoms with Gasteiger partial charge >= 0.3 is 5.97 Å². The van der Waals surface area contributed by atoms with E-state index in [0.29, 0.717) is 19.8 Å². The van der Waals surface area contributed by atoms with Crippen LogP contribution >= 0.6 is 0 Å². The Balaban J connectivity index is 1.89. The average Bonchev–Trinajstić information content (AvgIpc) is 3.15. The van der Waals surface area contributed by atoms with Gasteiger partial charge in [-0.15, -0.1) is 0 Å². The Hall–Kier alpha value is -0.650. The molecule has 0 aliphatic carbocycles. The minimum atomic E-state index is -0.423. The second-order valence-electron chi connectivity index (χ2n) is 9.63. The van der Waals surface area contributed by atoms with Crippen molar-refractivity contribution < 1.29 is 19.0 Å². The third-order valence-electron chi connectivity index (χ3n) is 5.58. The van der Waals surface area contributed by atoms with Gasteiger partial charge < -0.3 is 14.2 Å². The number of esters is 1. The van der Waals surface area contributed by atoms with Crippen molar-refractivity contribution in [2.24, 2.45) is 0 Å². The van der Waals surface area contributed by atoms with Gasteiger partial charge in [0.15, 0.2) is 0 Å². The fourth-order valence-electron chi connectivity index (χ4n) is 3.93. The lowest BCUT2D eigenvalue weighted by molar-refractivity contribution is -0.160. The van der Waals surface area contributed by atoms with E-state index in [1.807, 2.05) is 20.8 Å². The molecular formula is C25H49NO4. The van der Waals surface area contributed by atoms with Gasteiger partial charge in [-0.05, 0) is 46.6 Å². The summed E-state index contributed by atoms with van der Waals surface area (Å²) < 4.78 is 16.9. The predicted molar refractivity (Wildman–Crippen MR) is 124 cm³/mol. The third kappa shape index (κ3) is 14.4. The lowest BCUT2D eigenvalue weighted by atomic mass is 10.1. The third-order valence-corrected chi connectivity index (χ3v) is 5.58. The first-order valence-corrected chi connectivity index (χ1v) is 12.6. The van der Waals surface area contributed by atoms with E-state index in [0.717, 1.165) is 39.0 Å². The summed E-state index contributed by atoms with van der Waals surface area (Å²) >= 11 is 0. The fourth-order valence-corrected chi connectivity index (χ4v) is 3.93.